The van der Waals surface area contributed by atoms with Crippen molar-refractivity contribution in [1.82, 2.24) is 5.32 Å². The number of aldehydes is 1. The van der Waals surface area contributed by atoms with E-state index < -0.39 is 12.1 Å². The Morgan fingerprint density at radius 3 is 2.60 bits per heavy atom. The smallest absolute Gasteiger partial charge is 0.405 e. The molecule has 15 heavy (non-hydrogen) atoms. The van der Waals surface area contributed by atoms with Crippen LogP contribution in [-0.4, -0.2) is 23.5 Å². The molecule has 0 fully saturated rings. The fourth-order valence-electron chi connectivity index (χ4n) is 1.30. The van der Waals surface area contributed by atoms with Gasteiger partial charge in [-0.3, -0.25) is 0 Å². The number of nitrogens with one attached hydrogen (secondary N) is 1. The summed E-state index contributed by atoms with van der Waals surface area (Å²) in [4.78, 5) is 20.8. The van der Waals surface area contributed by atoms with Gasteiger partial charge in [-0.25, -0.2) is 4.79 Å². The van der Waals surface area contributed by atoms with E-state index in [0.29, 0.717) is 19.1 Å². The predicted molar refractivity (Wildman–Crippen MR) is 55.8 cm³/mol. The molecule has 4 nitrogen and oxygen atoms in total. The topological polar surface area (TPSA) is 66.4 Å². The lowest BCUT2D eigenvalue weighted by Crippen LogP contribution is -2.35. The van der Waals surface area contributed by atoms with Crippen LogP contribution in [-0.2, 0) is 11.2 Å². The number of aryl methyl sites for hydroxylation is 1. The molecule has 0 saturated heterocycles. The lowest BCUT2D eigenvalue weighted by molar-refractivity contribution is -0.109. The van der Waals surface area contributed by atoms with Crippen molar-refractivity contribution in [2.75, 3.05) is 0 Å². The minimum absolute atomic E-state index is 0.486. The molecule has 0 saturated carbocycles. The summed E-state index contributed by atoms with van der Waals surface area (Å²) in [5.74, 6) is 0. The fourth-order valence-corrected chi connectivity index (χ4v) is 1.30. The average Bonchev–Trinajstić information content (AvgIpc) is 2.25. The van der Waals surface area contributed by atoms with Crippen LogP contribution >= 0.6 is 0 Å². The van der Waals surface area contributed by atoms with Crippen LogP contribution in [0, 0.1) is 0 Å². The molecule has 1 aromatic rings. The predicted octanol–water partition coefficient (Wildman–Crippen LogP) is 1.45. The van der Waals surface area contributed by atoms with Crippen LogP contribution in [0.3, 0.4) is 0 Å². The van der Waals surface area contributed by atoms with E-state index in [1.165, 1.54) is 0 Å². The number of amides is 1. The highest BCUT2D eigenvalue weighted by atomic mass is 16.4. The molecule has 0 aliphatic rings. The van der Waals surface area contributed by atoms with Gasteiger partial charge in [0.2, 0.25) is 0 Å². The summed E-state index contributed by atoms with van der Waals surface area (Å²) in [6.45, 7) is 0. The van der Waals surface area contributed by atoms with Gasteiger partial charge in [0.05, 0.1) is 6.04 Å². The first-order valence-electron chi connectivity index (χ1n) is 4.71. The van der Waals surface area contributed by atoms with Gasteiger partial charge in [0.1, 0.15) is 6.29 Å². The minimum Gasteiger partial charge on any atom is -0.465 e. The Bertz CT molecular complexity index is 324. The molecule has 0 spiro atoms. The van der Waals surface area contributed by atoms with Crippen molar-refractivity contribution in [3.63, 3.8) is 0 Å². The second-order valence-electron chi connectivity index (χ2n) is 3.22. The molecule has 4 heteroatoms. The van der Waals surface area contributed by atoms with Crippen molar-refractivity contribution in [3.8, 4) is 0 Å². The zero-order valence-electron chi connectivity index (χ0n) is 8.22. The third kappa shape index (κ3) is 4.26. The number of carboxylic acid groups (broad SMARTS) is 1. The first-order valence-corrected chi connectivity index (χ1v) is 4.71. The molecule has 0 unspecified atom stereocenters. The summed E-state index contributed by atoms with van der Waals surface area (Å²) in [6, 6.07) is 9.01. The highest BCUT2D eigenvalue weighted by molar-refractivity contribution is 5.71. The molecule has 0 radical (unpaired) electrons. The van der Waals surface area contributed by atoms with Crippen LogP contribution in [0.2, 0.25) is 0 Å². The van der Waals surface area contributed by atoms with Crippen molar-refractivity contribution < 1.29 is 14.7 Å². The van der Waals surface area contributed by atoms with Gasteiger partial charge in [0, 0.05) is 0 Å². The van der Waals surface area contributed by atoms with Gasteiger partial charge < -0.3 is 15.2 Å². The van der Waals surface area contributed by atoms with Crippen LogP contribution in [0.1, 0.15) is 12.0 Å². The molecule has 80 valence electrons. The van der Waals surface area contributed by atoms with Crippen LogP contribution in [0.25, 0.3) is 0 Å². The number of hydrogen-bond acceptors (Lipinski definition) is 2. The van der Waals surface area contributed by atoms with Gasteiger partial charge in [-0.2, -0.15) is 0 Å². The molecule has 1 rings (SSSR count). The Morgan fingerprint density at radius 1 is 1.40 bits per heavy atom. The van der Waals surface area contributed by atoms with E-state index in [1.54, 1.807) is 0 Å². The second-order valence-corrected chi connectivity index (χ2v) is 3.22. The lowest BCUT2D eigenvalue weighted by atomic mass is 10.1. The quantitative estimate of drug-likeness (QED) is 0.718. The van der Waals surface area contributed by atoms with E-state index in [4.69, 9.17) is 5.11 Å². The molecule has 0 aliphatic heterocycles. The molecule has 0 heterocycles. The minimum atomic E-state index is -1.17. The van der Waals surface area contributed by atoms with Crippen molar-refractivity contribution in [1.29, 1.82) is 0 Å². The van der Waals surface area contributed by atoms with E-state index in [9.17, 15) is 9.59 Å². The van der Waals surface area contributed by atoms with Crippen molar-refractivity contribution in [2.24, 2.45) is 0 Å². The Balaban J connectivity index is 2.41. The highest BCUT2D eigenvalue weighted by Crippen LogP contribution is 2.03. The number of benzene rings is 1. The van der Waals surface area contributed by atoms with Crippen molar-refractivity contribution >= 4 is 12.4 Å². The molecule has 0 aliphatic carbocycles. The SMILES string of the molecule is O=C[C@H](CCc1ccccc1)NC(=O)O. The number of carbonyl (C=O) groups is 2. The Morgan fingerprint density at radius 2 is 2.07 bits per heavy atom. The molecule has 1 atom stereocenters. The first-order chi connectivity index (χ1) is 7.22. The molecular weight excluding hydrogens is 194 g/mol. The van der Waals surface area contributed by atoms with E-state index >= 15 is 0 Å². The highest BCUT2D eigenvalue weighted by Gasteiger charge is 2.09. The van der Waals surface area contributed by atoms with Crippen molar-refractivity contribution in [3.05, 3.63) is 35.9 Å². The Labute approximate surface area is 87.9 Å². The summed E-state index contributed by atoms with van der Waals surface area (Å²) in [6.07, 6.45) is 0.627. The molecule has 0 bridgehead atoms. The third-order valence-corrected chi connectivity index (χ3v) is 2.06. The van der Waals surface area contributed by atoms with Gasteiger partial charge in [-0.05, 0) is 18.4 Å². The zero-order chi connectivity index (χ0) is 11.1. The van der Waals surface area contributed by atoms with Gasteiger partial charge in [-0.1, -0.05) is 30.3 Å². The van der Waals surface area contributed by atoms with Crippen LogP contribution in [0.4, 0.5) is 4.79 Å². The zero-order valence-corrected chi connectivity index (χ0v) is 8.22. The molecule has 1 aromatic carbocycles. The summed E-state index contributed by atoms with van der Waals surface area (Å²) in [5.41, 5.74) is 1.09. The Hall–Kier alpha value is -1.84. The molecule has 1 amide bonds. The van der Waals surface area contributed by atoms with Crippen molar-refractivity contribution in [2.45, 2.75) is 18.9 Å². The second kappa shape index (κ2) is 5.80. The molecular formula is C11H13NO3. The third-order valence-electron chi connectivity index (χ3n) is 2.06. The van der Waals surface area contributed by atoms with Gasteiger partial charge in [0.25, 0.3) is 0 Å². The van der Waals surface area contributed by atoms with Crippen LogP contribution in [0.5, 0.6) is 0 Å². The van der Waals surface area contributed by atoms with E-state index in [0.717, 1.165) is 5.56 Å². The van der Waals surface area contributed by atoms with Gasteiger partial charge >= 0.3 is 6.09 Å². The summed E-state index contributed by atoms with van der Waals surface area (Å²) in [7, 11) is 0. The number of carbonyl (C=O) groups excluding carboxylic acids is 1. The fraction of sp³-hybridized carbons (Fsp3) is 0.273. The summed E-state index contributed by atoms with van der Waals surface area (Å²) >= 11 is 0. The Kier molecular flexibility index (Phi) is 4.34. The number of hydrogen-bond donors (Lipinski definition) is 2. The normalized spacial score (nSPS) is 11.7. The van der Waals surface area contributed by atoms with Gasteiger partial charge in [0.15, 0.2) is 0 Å². The molecule has 2 N–H and O–H groups in total. The monoisotopic (exact) mass is 207 g/mol. The molecule has 0 aromatic heterocycles. The first kappa shape index (κ1) is 11.2. The van der Waals surface area contributed by atoms with Gasteiger partial charge in [-0.15, -0.1) is 0 Å². The van der Waals surface area contributed by atoms with Crippen LogP contribution in [0.15, 0.2) is 30.3 Å². The largest absolute Gasteiger partial charge is 0.465 e. The van der Waals surface area contributed by atoms with E-state index in [2.05, 4.69) is 5.32 Å². The van der Waals surface area contributed by atoms with E-state index in [-0.39, 0.29) is 0 Å². The standard InChI is InChI=1S/C11H13NO3/c13-8-10(12-11(14)15)7-6-9-4-2-1-3-5-9/h1-5,8,10,12H,6-7H2,(H,14,15)/t10-/m0/s1. The average molecular weight is 207 g/mol. The summed E-state index contributed by atoms with van der Waals surface area (Å²) < 4.78 is 0. The maximum absolute atomic E-state index is 10.5. The lowest BCUT2D eigenvalue weighted by Gasteiger charge is -2.09. The summed E-state index contributed by atoms with van der Waals surface area (Å²) in [5, 5.41) is 10.6. The van der Waals surface area contributed by atoms with E-state index in [1.807, 2.05) is 30.3 Å². The maximum Gasteiger partial charge on any atom is 0.405 e. The maximum atomic E-state index is 10.5. The van der Waals surface area contributed by atoms with Crippen LogP contribution < -0.4 is 5.32 Å². The number of rotatable bonds is 5.